The topological polar surface area (TPSA) is 102 Å². The van der Waals surface area contributed by atoms with Gasteiger partial charge in [-0.1, -0.05) is 43.3 Å². The minimum atomic E-state index is 0.450. The predicted molar refractivity (Wildman–Crippen MR) is 121 cm³/mol. The number of benzene rings is 1. The Bertz CT molecular complexity index is 759. The second-order valence-electron chi connectivity index (χ2n) is 7.18. The van der Waals surface area contributed by atoms with Crippen LogP contribution in [0.2, 0.25) is 0 Å². The van der Waals surface area contributed by atoms with Gasteiger partial charge in [-0.05, 0) is 18.1 Å². The first-order valence-corrected chi connectivity index (χ1v) is 11.3. The molecule has 0 atom stereocenters. The summed E-state index contributed by atoms with van der Waals surface area (Å²) < 4.78 is 5.93. The molecule has 0 aliphatic carbocycles. The van der Waals surface area contributed by atoms with E-state index in [2.05, 4.69) is 27.1 Å². The molecule has 2 aromatic rings. The number of rotatable bonds is 10. The molecule has 1 aromatic carbocycles. The zero-order valence-electron chi connectivity index (χ0n) is 17.2. The molecule has 7 nitrogen and oxygen atoms in total. The number of nitrogens with two attached hydrogens (primary N) is 2. The molecule has 8 heteroatoms. The van der Waals surface area contributed by atoms with Crippen molar-refractivity contribution in [2.24, 2.45) is 0 Å². The zero-order chi connectivity index (χ0) is 20.5. The number of ether oxygens (including phenoxy) is 1. The van der Waals surface area contributed by atoms with E-state index in [0.29, 0.717) is 29.8 Å². The van der Waals surface area contributed by atoms with E-state index in [9.17, 15) is 0 Å². The molecule has 0 bridgehead atoms. The Morgan fingerprint density at radius 3 is 2.59 bits per heavy atom. The van der Waals surface area contributed by atoms with E-state index in [1.165, 1.54) is 0 Å². The smallest absolute Gasteiger partial charge is 0.191 e. The standard InChI is InChI=1S/C21H32N6OS/c1-2-3-13-28-18-7-5-4-6-16(18)15-17-19(22)25-21(26-20(17)23)29-14-12-27-10-8-24-9-11-27/h4-7,24H,2-3,8-15H2,1H3,(H4,22,23,25,26). The lowest BCUT2D eigenvalue weighted by Gasteiger charge is -2.26. The SMILES string of the molecule is CCCCOc1ccccc1Cc1c(N)nc(SCCN2CCNCC2)nc1N. The summed E-state index contributed by atoms with van der Waals surface area (Å²) in [6.07, 6.45) is 2.69. The van der Waals surface area contributed by atoms with E-state index in [1.54, 1.807) is 11.8 Å². The molecule has 1 saturated heterocycles. The van der Waals surface area contributed by atoms with Gasteiger partial charge >= 0.3 is 0 Å². The molecule has 1 fully saturated rings. The molecular formula is C21H32N6OS. The molecule has 1 aliphatic rings. The Hall–Kier alpha value is -2.03. The van der Waals surface area contributed by atoms with Gasteiger partial charge in [0.2, 0.25) is 0 Å². The molecule has 0 unspecified atom stereocenters. The molecule has 0 amide bonds. The fourth-order valence-electron chi connectivity index (χ4n) is 3.25. The second-order valence-corrected chi connectivity index (χ2v) is 8.24. The molecule has 5 N–H and O–H groups in total. The van der Waals surface area contributed by atoms with Gasteiger partial charge in [-0.15, -0.1) is 0 Å². The third-order valence-corrected chi connectivity index (χ3v) is 5.82. The molecule has 1 aromatic heterocycles. The highest BCUT2D eigenvalue weighted by atomic mass is 32.2. The third kappa shape index (κ3) is 6.48. The van der Waals surface area contributed by atoms with Crippen molar-refractivity contribution >= 4 is 23.4 Å². The van der Waals surface area contributed by atoms with E-state index in [-0.39, 0.29) is 0 Å². The van der Waals surface area contributed by atoms with Crippen LogP contribution in [0, 0.1) is 0 Å². The van der Waals surface area contributed by atoms with Crippen LogP contribution in [0.25, 0.3) is 0 Å². The molecular weight excluding hydrogens is 384 g/mol. The number of nitrogens with zero attached hydrogens (tertiary/aromatic N) is 3. The highest BCUT2D eigenvalue weighted by Crippen LogP contribution is 2.28. The van der Waals surface area contributed by atoms with Crippen molar-refractivity contribution in [2.45, 2.75) is 31.3 Å². The second kappa shape index (κ2) is 11.2. The highest BCUT2D eigenvalue weighted by Gasteiger charge is 2.15. The molecule has 29 heavy (non-hydrogen) atoms. The lowest BCUT2D eigenvalue weighted by atomic mass is 10.0. The summed E-state index contributed by atoms with van der Waals surface area (Å²) in [6, 6.07) is 8.00. The maximum Gasteiger partial charge on any atom is 0.191 e. The summed E-state index contributed by atoms with van der Waals surface area (Å²) in [7, 11) is 0. The van der Waals surface area contributed by atoms with Crippen molar-refractivity contribution in [3.63, 3.8) is 0 Å². The van der Waals surface area contributed by atoms with Gasteiger partial charge in [0.1, 0.15) is 17.4 Å². The number of anilines is 2. The number of hydrogen-bond donors (Lipinski definition) is 3. The van der Waals surface area contributed by atoms with Crippen LogP contribution in [0.1, 0.15) is 30.9 Å². The van der Waals surface area contributed by atoms with Gasteiger partial charge in [-0.2, -0.15) is 0 Å². The number of nitrogen functional groups attached to an aromatic ring is 2. The summed E-state index contributed by atoms with van der Waals surface area (Å²) in [5.41, 5.74) is 14.3. The summed E-state index contributed by atoms with van der Waals surface area (Å²) in [4.78, 5) is 11.4. The molecule has 0 spiro atoms. The normalized spacial score (nSPS) is 14.8. The Balaban J connectivity index is 1.62. The fourth-order valence-corrected chi connectivity index (χ4v) is 4.11. The number of nitrogens with one attached hydrogen (secondary N) is 1. The van der Waals surface area contributed by atoms with Gasteiger partial charge in [0.05, 0.1) is 6.61 Å². The zero-order valence-corrected chi connectivity index (χ0v) is 18.0. The number of para-hydroxylation sites is 1. The largest absolute Gasteiger partial charge is 0.493 e. The van der Waals surface area contributed by atoms with E-state index in [4.69, 9.17) is 16.2 Å². The van der Waals surface area contributed by atoms with Crippen molar-refractivity contribution in [3.05, 3.63) is 35.4 Å². The highest BCUT2D eigenvalue weighted by molar-refractivity contribution is 7.99. The first-order chi connectivity index (χ1) is 14.2. The van der Waals surface area contributed by atoms with Crippen molar-refractivity contribution in [3.8, 4) is 5.75 Å². The van der Waals surface area contributed by atoms with Crippen LogP contribution in [-0.4, -0.2) is 60.0 Å². The molecule has 0 saturated carbocycles. The van der Waals surface area contributed by atoms with Crippen LogP contribution in [0.4, 0.5) is 11.6 Å². The number of aromatic nitrogens is 2. The number of hydrogen-bond acceptors (Lipinski definition) is 8. The molecule has 158 valence electrons. The molecule has 2 heterocycles. The predicted octanol–water partition coefficient (Wildman–Crippen LogP) is 2.41. The van der Waals surface area contributed by atoms with Gasteiger partial charge in [-0.3, -0.25) is 4.90 Å². The average Bonchev–Trinajstić information content (AvgIpc) is 2.73. The van der Waals surface area contributed by atoms with Crippen molar-refractivity contribution in [2.75, 3.05) is 56.6 Å². The van der Waals surface area contributed by atoms with E-state index >= 15 is 0 Å². The van der Waals surface area contributed by atoms with Crippen LogP contribution in [0.5, 0.6) is 5.75 Å². The molecule has 3 rings (SSSR count). The Morgan fingerprint density at radius 1 is 1.14 bits per heavy atom. The van der Waals surface area contributed by atoms with E-state index in [0.717, 1.165) is 68.2 Å². The van der Waals surface area contributed by atoms with E-state index < -0.39 is 0 Å². The Kier molecular flexibility index (Phi) is 8.39. The Morgan fingerprint density at radius 2 is 1.86 bits per heavy atom. The first kappa shape index (κ1) is 21.7. The van der Waals surface area contributed by atoms with Gasteiger partial charge in [0.25, 0.3) is 0 Å². The van der Waals surface area contributed by atoms with Gasteiger partial charge in [-0.25, -0.2) is 9.97 Å². The maximum absolute atomic E-state index is 6.25. The van der Waals surface area contributed by atoms with Crippen LogP contribution in [0.3, 0.4) is 0 Å². The Labute approximate surface area is 177 Å². The fraction of sp³-hybridized carbons (Fsp3) is 0.524. The van der Waals surface area contributed by atoms with Gasteiger partial charge in [0.15, 0.2) is 5.16 Å². The van der Waals surface area contributed by atoms with Gasteiger partial charge in [0, 0.05) is 50.5 Å². The summed E-state index contributed by atoms with van der Waals surface area (Å²) in [5.74, 6) is 2.69. The summed E-state index contributed by atoms with van der Waals surface area (Å²) in [5, 5.41) is 4.01. The maximum atomic E-state index is 6.25. The summed E-state index contributed by atoms with van der Waals surface area (Å²) >= 11 is 1.61. The summed E-state index contributed by atoms with van der Waals surface area (Å²) in [6.45, 7) is 8.15. The van der Waals surface area contributed by atoms with Crippen molar-refractivity contribution in [1.82, 2.24) is 20.2 Å². The van der Waals surface area contributed by atoms with Crippen LogP contribution in [0.15, 0.2) is 29.4 Å². The van der Waals surface area contributed by atoms with Crippen molar-refractivity contribution < 1.29 is 4.74 Å². The lowest BCUT2D eigenvalue weighted by Crippen LogP contribution is -2.44. The number of unbranched alkanes of at least 4 members (excludes halogenated alkanes) is 1. The number of thioether (sulfide) groups is 1. The minimum absolute atomic E-state index is 0.450. The molecule has 1 aliphatic heterocycles. The quantitative estimate of drug-likeness (QED) is 0.308. The van der Waals surface area contributed by atoms with E-state index in [1.807, 2.05) is 24.3 Å². The number of piperazine rings is 1. The lowest BCUT2D eigenvalue weighted by molar-refractivity contribution is 0.255. The average molecular weight is 417 g/mol. The van der Waals surface area contributed by atoms with Crippen LogP contribution in [-0.2, 0) is 6.42 Å². The minimum Gasteiger partial charge on any atom is -0.493 e. The monoisotopic (exact) mass is 416 g/mol. The van der Waals surface area contributed by atoms with Gasteiger partial charge < -0.3 is 21.5 Å². The van der Waals surface area contributed by atoms with Crippen molar-refractivity contribution in [1.29, 1.82) is 0 Å². The molecule has 0 radical (unpaired) electrons. The van der Waals surface area contributed by atoms with Crippen LogP contribution >= 0.6 is 11.8 Å². The third-order valence-electron chi connectivity index (χ3n) is 4.99. The van der Waals surface area contributed by atoms with Crippen LogP contribution < -0.4 is 21.5 Å². The first-order valence-electron chi connectivity index (χ1n) is 10.4.